The van der Waals surface area contributed by atoms with E-state index in [0.717, 1.165) is 17.4 Å². The summed E-state index contributed by atoms with van der Waals surface area (Å²) >= 11 is 9.32. The highest BCUT2D eigenvalue weighted by atomic mass is 79.9. The van der Waals surface area contributed by atoms with E-state index in [0.29, 0.717) is 19.0 Å². The van der Waals surface area contributed by atoms with E-state index in [1.54, 1.807) is 18.2 Å². The molecule has 1 aliphatic rings. The predicted molar refractivity (Wildman–Crippen MR) is 79.9 cm³/mol. The minimum Gasteiger partial charge on any atom is -0.319 e. The summed E-state index contributed by atoms with van der Waals surface area (Å²) in [6.07, 6.45) is 0.883. The van der Waals surface area contributed by atoms with Gasteiger partial charge in [0.15, 0.2) is 0 Å². The van der Waals surface area contributed by atoms with Crippen molar-refractivity contribution in [2.24, 2.45) is 5.92 Å². The minimum absolute atomic E-state index is 0.183. The molecule has 4 nitrogen and oxygen atoms in total. The van der Waals surface area contributed by atoms with Gasteiger partial charge in [-0.3, -0.25) is 0 Å². The predicted octanol–water partition coefficient (Wildman–Crippen LogP) is 2.33. The maximum atomic E-state index is 12.5. The molecule has 7 heteroatoms. The van der Waals surface area contributed by atoms with E-state index in [2.05, 4.69) is 21.2 Å². The maximum absolute atomic E-state index is 12.5. The molecular formula is C12H16BrClN2O2S. The molecule has 1 N–H and O–H groups in total. The number of hydrogen-bond acceptors (Lipinski definition) is 3. The van der Waals surface area contributed by atoms with Crippen LogP contribution in [0.3, 0.4) is 0 Å². The van der Waals surface area contributed by atoms with Crippen molar-refractivity contribution < 1.29 is 8.42 Å². The van der Waals surface area contributed by atoms with E-state index in [1.807, 2.05) is 7.05 Å². The standard InChI is InChI=1S/C12H16BrClN2O2S/c1-15-7-9-4-5-16(8-9)19(17,18)12-3-2-10(13)6-11(12)14/h2-3,6,9,15H,4-5,7-8H2,1H3/t9-/m1/s1. The van der Waals surface area contributed by atoms with Gasteiger partial charge in [0.1, 0.15) is 4.90 Å². The van der Waals surface area contributed by atoms with Crippen molar-refractivity contribution in [3.8, 4) is 0 Å². The lowest BCUT2D eigenvalue weighted by molar-refractivity contribution is 0.451. The van der Waals surface area contributed by atoms with Crippen molar-refractivity contribution in [1.82, 2.24) is 9.62 Å². The molecule has 2 rings (SSSR count). The number of sulfonamides is 1. The van der Waals surface area contributed by atoms with Crippen molar-refractivity contribution in [2.75, 3.05) is 26.7 Å². The lowest BCUT2D eigenvalue weighted by Crippen LogP contribution is -2.30. The molecule has 19 heavy (non-hydrogen) atoms. The Labute approximate surface area is 127 Å². The molecule has 0 bridgehead atoms. The SMILES string of the molecule is CNC[C@H]1CCN(S(=O)(=O)c2ccc(Br)cc2Cl)C1. The van der Waals surface area contributed by atoms with Gasteiger partial charge in [-0.2, -0.15) is 4.31 Å². The average Bonchev–Trinajstić information content (AvgIpc) is 2.78. The fourth-order valence-corrected chi connectivity index (χ4v) is 4.84. The normalized spacial score (nSPS) is 20.9. The summed E-state index contributed by atoms with van der Waals surface area (Å²) in [5.74, 6) is 0.369. The largest absolute Gasteiger partial charge is 0.319 e. The van der Waals surface area contributed by atoms with E-state index < -0.39 is 10.0 Å². The Kier molecular flexibility index (Phi) is 4.89. The first kappa shape index (κ1) is 15.3. The van der Waals surface area contributed by atoms with E-state index in [-0.39, 0.29) is 9.92 Å². The maximum Gasteiger partial charge on any atom is 0.244 e. The lowest BCUT2D eigenvalue weighted by atomic mass is 10.1. The number of nitrogens with one attached hydrogen (secondary N) is 1. The van der Waals surface area contributed by atoms with E-state index in [1.165, 1.54) is 4.31 Å². The van der Waals surface area contributed by atoms with E-state index in [9.17, 15) is 8.42 Å². The molecule has 1 atom stereocenters. The van der Waals surface area contributed by atoms with Crippen LogP contribution in [0.4, 0.5) is 0 Å². The molecule has 1 aromatic carbocycles. The Morgan fingerprint density at radius 1 is 1.53 bits per heavy atom. The Morgan fingerprint density at radius 3 is 2.89 bits per heavy atom. The van der Waals surface area contributed by atoms with Gasteiger partial charge in [0.05, 0.1) is 5.02 Å². The first-order valence-corrected chi connectivity index (χ1v) is 8.66. The smallest absolute Gasteiger partial charge is 0.244 e. The Bertz CT molecular complexity index is 565. The molecule has 0 amide bonds. The van der Waals surface area contributed by atoms with E-state index in [4.69, 9.17) is 11.6 Å². The van der Waals surface area contributed by atoms with Crippen LogP contribution in [0.25, 0.3) is 0 Å². The molecular weight excluding hydrogens is 352 g/mol. The summed E-state index contributed by atoms with van der Waals surface area (Å²) in [6, 6.07) is 4.85. The highest BCUT2D eigenvalue weighted by Gasteiger charge is 2.33. The number of rotatable bonds is 4. The van der Waals surface area contributed by atoms with Crippen LogP contribution >= 0.6 is 27.5 Å². The number of hydrogen-bond donors (Lipinski definition) is 1. The summed E-state index contributed by atoms with van der Waals surface area (Å²) in [6.45, 7) is 1.94. The topological polar surface area (TPSA) is 49.4 Å². The highest BCUT2D eigenvalue weighted by molar-refractivity contribution is 9.10. The average molecular weight is 368 g/mol. The van der Waals surface area contributed by atoms with Gasteiger partial charge < -0.3 is 5.32 Å². The van der Waals surface area contributed by atoms with Gasteiger partial charge in [-0.1, -0.05) is 27.5 Å². The Balaban J connectivity index is 2.23. The molecule has 1 fully saturated rings. The molecule has 0 aromatic heterocycles. The molecule has 106 valence electrons. The van der Waals surface area contributed by atoms with Crippen LogP contribution < -0.4 is 5.32 Å². The lowest BCUT2D eigenvalue weighted by Gasteiger charge is -2.17. The monoisotopic (exact) mass is 366 g/mol. The summed E-state index contributed by atoms with van der Waals surface area (Å²) in [5.41, 5.74) is 0. The first-order valence-electron chi connectivity index (χ1n) is 6.05. The zero-order valence-corrected chi connectivity index (χ0v) is 13.7. The summed E-state index contributed by atoms with van der Waals surface area (Å²) in [4.78, 5) is 0.183. The van der Waals surface area contributed by atoms with Gasteiger partial charge >= 0.3 is 0 Å². The summed E-state index contributed by atoms with van der Waals surface area (Å²) < 4.78 is 27.3. The fraction of sp³-hybridized carbons (Fsp3) is 0.500. The van der Waals surface area contributed by atoms with Gasteiger partial charge in [-0.05, 0) is 44.1 Å². The molecule has 1 saturated heterocycles. The van der Waals surface area contributed by atoms with Crippen LogP contribution in [0.15, 0.2) is 27.6 Å². The van der Waals surface area contributed by atoms with E-state index >= 15 is 0 Å². The van der Waals surface area contributed by atoms with Crippen LogP contribution in [0.2, 0.25) is 5.02 Å². The second kappa shape index (κ2) is 6.10. The first-order chi connectivity index (χ1) is 8.95. The molecule has 0 aliphatic carbocycles. The molecule has 0 spiro atoms. The number of benzene rings is 1. The van der Waals surface area contributed by atoms with Gasteiger partial charge in [0.25, 0.3) is 0 Å². The summed E-state index contributed by atoms with van der Waals surface area (Å²) in [7, 11) is -1.61. The minimum atomic E-state index is -3.48. The van der Waals surface area contributed by atoms with Crippen molar-refractivity contribution in [3.05, 3.63) is 27.7 Å². The van der Waals surface area contributed by atoms with Crippen LogP contribution in [0.1, 0.15) is 6.42 Å². The Hall–Kier alpha value is -0.140. The molecule has 0 saturated carbocycles. The third-order valence-corrected chi connectivity index (χ3v) is 6.09. The second-order valence-electron chi connectivity index (χ2n) is 4.65. The molecule has 0 unspecified atom stereocenters. The van der Waals surface area contributed by atoms with Crippen molar-refractivity contribution in [3.63, 3.8) is 0 Å². The summed E-state index contributed by atoms with van der Waals surface area (Å²) in [5, 5.41) is 3.34. The van der Waals surface area contributed by atoms with Crippen molar-refractivity contribution in [2.45, 2.75) is 11.3 Å². The fourth-order valence-electron chi connectivity index (χ4n) is 2.29. The van der Waals surface area contributed by atoms with Gasteiger partial charge in [0, 0.05) is 17.6 Å². The number of halogens is 2. The van der Waals surface area contributed by atoms with Crippen LogP contribution in [-0.2, 0) is 10.0 Å². The van der Waals surface area contributed by atoms with Crippen LogP contribution in [0, 0.1) is 5.92 Å². The third-order valence-electron chi connectivity index (χ3n) is 3.25. The van der Waals surface area contributed by atoms with Crippen LogP contribution in [-0.4, -0.2) is 39.4 Å². The molecule has 0 radical (unpaired) electrons. The van der Waals surface area contributed by atoms with Crippen molar-refractivity contribution >= 4 is 37.6 Å². The molecule has 1 aromatic rings. The number of nitrogens with zero attached hydrogens (tertiary/aromatic N) is 1. The van der Waals surface area contributed by atoms with Crippen molar-refractivity contribution in [1.29, 1.82) is 0 Å². The van der Waals surface area contributed by atoms with Crippen LogP contribution in [0.5, 0.6) is 0 Å². The zero-order valence-electron chi connectivity index (χ0n) is 10.6. The third kappa shape index (κ3) is 3.31. The van der Waals surface area contributed by atoms with Gasteiger partial charge in [0.2, 0.25) is 10.0 Å². The molecule has 1 heterocycles. The highest BCUT2D eigenvalue weighted by Crippen LogP contribution is 2.30. The van der Waals surface area contributed by atoms with Gasteiger partial charge in [-0.25, -0.2) is 8.42 Å². The molecule has 1 aliphatic heterocycles. The zero-order chi connectivity index (χ0) is 14.0. The quantitative estimate of drug-likeness (QED) is 0.888. The van der Waals surface area contributed by atoms with Gasteiger partial charge in [-0.15, -0.1) is 0 Å². The second-order valence-corrected chi connectivity index (χ2v) is 7.88. The Morgan fingerprint density at radius 2 is 2.26 bits per heavy atom.